The van der Waals surface area contributed by atoms with Gasteiger partial charge in [0, 0.05) is 25.4 Å². The predicted octanol–water partition coefficient (Wildman–Crippen LogP) is 1.26. The van der Waals surface area contributed by atoms with E-state index in [4.69, 9.17) is 0 Å². The smallest absolute Gasteiger partial charge is 0.336 e. The highest BCUT2D eigenvalue weighted by atomic mass is 32.2. The largest absolute Gasteiger partial charge is 0.441 e. The fraction of sp³-hybridized carbons (Fsp3) is 0.833. The highest BCUT2D eigenvalue weighted by Gasteiger charge is 2.28. The molecule has 1 aliphatic heterocycles. The van der Waals surface area contributed by atoms with Crippen molar-refractivity contribution in [2.45, 2.75) is 5.51 Å². The van der Waals surface area contributed by atoms with Crippen molar-refractivity contribution in [3.63, 3.8) is 0 Å². The molecule has 1 fully saturated rings. The van der Waals surface area contributed by atoms with Crippen molar-refractivity contribution in [3.05, 3.63) is 0 Å². The van der Waals surface area contributed by atoms with Gasteiger partial charge in [0.2, 0.25) is 0 Å². The SMILES string of the molecule is O=C1NCCN1CCSC(F)(F)F. The molecule has 0 bridgehead atoms. The monoisotopic (exact) mass is 214 g/mol. The van der Waals surface area contributed by atoms with Crippen LogP contribution in [0.2, 0.25) is 0 Å². The molecule has 0 atom stereocenters. The first kappa shape index (κ1) is 10.5. The minimum absolute atomic E-state index is 0.0992. The molecule has 0 unspecified atom stereocenters. The number of urea groups is 1. The van der Waals surface area contributed by atoms with E-state index in [0.29, 0.717) is 13.1 Å². The highest BCUT2D eigenvalue weighted by Crippen LogP contribution is 2.29. The van der Waals surface area contributed by atoms with E-state index in [-0.39, 0.29) is 30.1 Å². The standard InChI is InChI=1S/C6H9F3N2OS/c7-6(8,9)13-4-3-11-2-1-10-5(11)12/h1-4H2,(H,10,12). The van der Waals surface area contributed by atoms with Gasteiger partial charge < -0.3 is 10.2 Å². The summed E-state index contributed by atoms with van der Waals surface area (Å²) in [6, 6.07) is -0.275. The number of thioether (sulfide) groups is 1. The molecule has 0 saturated carbocycles. The summed E-state index contributed by atoms with van der Waals surface area (Å²) in [5.74, 6) is -0.100. The number of nitrogens with one attached hydrogen (secondary N) is 1. The molecule has 2 amide bonds. The lowest BCUT2D eigenvalue weighted by Crippen LogP contribution is -2.30. The number of alkyl halides is 3. The van der Waals surface area contributed by atoms with Gasteiger partial charge in [0.1, 0.15) is 0 Å². The summed E-state index contributed by atoms with van der Waals surface area (Å²) in [6.07, 6.45) is 0. The van der Waals surface area contributed by atoms with Crippen molar-refractivity contribution in [2.75, 3.05) is 25.4 Å². The van der Waals surface area contributed by atoms with Gasteiger partial charge in [-0.15, -0.1) is 0 Å². The Labute approximate surface area is 77.6 Å². The van der Waals surface area contributed by atoms with Crippen LogP contribution in [0.1, 0.15) is 0 Å². The first-order valence-electron chi connectivity index (χ1n) is 3.72. The Kier molecular flexibility index (Phi) is 3.29. The normalized spacial score (nSPS) is 17.8. The molecule has 76 valence electrons. The van der Waals surface area contributed by atoms with Crippen LogP contribution >= 0.6 is 11.8 Å². The van der Waals surface area contributed by atoms with Crippen LogP contribution in [0.5, 0.6) is 0 Å². The Balaban J connectivity index is 2.16. The maximum atomic E-state index is 11.7. The van der Waals surface area contributed by atoms with Crippen molar-refractivity contribution < 1.29 is 18.0 Å². The quantitative estimate of drug-likeness (QED) is 0.767. The van der Waals surface area contributed by atoms with E-state index in [1.54, 1.807) is 0 Å². The van der Waals surface area contributed by atoms with E-state index in [2.05, 4.69) is 5.32 Å². The van der Waals surface area contributed by atoms with Gasteiger partial charge in [0.25, 0.3) is 0 Å². The van der Waals surface area contributed by atoms with Crippen LogP contribution in [-0.2, 0) is 0 Å². The van der Waals surface area contributed by atoms with Gasteiger partial charge >= 0.3 is 11.5 Å². The summed E-state index contributed by atoms with van der Waals surface area (Å²) in [6.45, 7) is 1.17. The molecule has 1 saturated heterocycles. The Morgan fingerprint density at radius 2 is 2.23 bits per heavy atom. The van der Waals surface area contributed by atoms with E-state index < -0.39 is 5.51 Å². The van der Waals surface area contributed by atoms with Crippen LogP contribution in [0.15, 0.2) is 0 Å². The Morgan fingerprint density at radius 3 is 2.69 bits per heavy atom. The van der Waals surface area contributed by atoms with E-state index in [1.165, 1.54) is 4.90 Å². The number of halogens is 3. The van der Waals surface area contributed by atoms with Crippen LogP contribution in [-0.4, -0.2) is 41.8 Å². The van der Waals surface area contributed by atoms with Crippen molar-refractivity contribution in [1.82, 2.24) is 10.2 Å². The van der Waals surface area contributed by atoms with Crippen molar-refractivity contribution in [3.8, 4) is 0 Å². The van der Waals surface area contributed by atoms with E-state index >= 15 is 0 Å². The first-order valence-corrected chi connectivity index (χ1v) is 4.71. The van der Waals surface area contributed by atoms with Crippen molar-refractivity contribution >= 4 is 17.8 Å². The number of hydrogen-bond acceptors (Lipinski definition) is 2. The molecule has 0 spiro atoms. The third kappa shape index (κ3) is 3.75. The molecule has 1 heterocycles. The molecular weight excluding hydrogens is 205 g/mol. The van der Waals surface area contributed by atoms with E-state index in [9.17, 15) is 18.0 Å². The van der Waals surface area contributed by atoms with Gasteiger partial charge in [0.15, 0.2) is 0 Å². The molecule has 1 rings (SSSR count). The fourth-order valence-corrected chi connectivity index (χ4v) is 1.54. The molecular formula is C6H9F3N2OS. The van der Waals surface area contributed by atoms with Gasteiger partial charge in [-0.2, -0.15) is 13.2 Å². The van der Waals surface area contributed by atoms with Gasteiger partial charge in [0.05, 0.1) is 0 Å². The molecule has 13 heavy (non-hydrogen) atoms. The van der Waals surface area contributed by atoms with Crippen LogP contribution in [0, 0.1) is 0 Å². The van der Waals surface area contributed by atoms with Gasteiger partial charge in [-0.05, 0) is 11.8 Å². The first-order chi connectivity index (χ1) is 5.99. The summed E-state index contributed by atoms with van der Waals surface area (Å²) in [5, 5.41) is 2.51. The summed E-state index contributed by atoms with van der Waals surface area (Å²) >= 11 is -0.0992. The second kappa shape index (κ2) is 4.08. The maximum absolute atomic E-state index is 11.7. The summed E-state index contributed by atoms with van der Waals surface area (Å²) in [5.41, 5.74) is -4.20. The number of nitrogens with zero attached hydrogens (tertiary/aromatic N) is 1. The Hall–Kier alpha value is -0.590. The van der Waals surface area contributed by atoms with Gasteiger partial charge in [-0.25, -0.2) is 4.79 Å². The zero-order valence-electron chi connectivity index (χ0n) is 6.73. The van der Waals surface area contributed by atoms with E-state index in [1.807, 2.05) is 0 Å². The van der Waals surface area contributed by atoms with Crippen molar-refractivity contribution in [1.29, 1.82) is 0 Å². The number of amides is 2. The molecule has 3 nitrogen and oxygen atoms in total. The lowest BCUT2D eigenvalue weighted by molar-refractivity contribution is -0.0328. The van der Waals surface area contributed by atoms with Crippen molar-refractivity contribution in [2.24, 2.45) is 0 Å². The van der Waals surface area contributed by atoms with Crippen LogP contribution < -0.4 is 5.32 Å². The maximum Gasteiger partial charge on any atom is 0.441 e. The molecule has 7 heteroatoms. The Morgan fingerprint density at radius 1 is 1.54 bits per heavy atom. The minimum atomic E-state index is -4.20. The average Bonchev–Trinajstić information content (AvgIpc) is 2.34. The Bertz CT molecular complexity index is 197. The summed E-state index contributed by atoms with van der Waals surface area (Å²) in [7, 11) is 0. The molecule has 0 aliphatic carbocycles. The fourth-order valence-electron chi connectivity index (χ4n) is 0.996. The zero-order chi connectivity index (χ0) is 9.90. The summed E-state index contributed by atoms with van der Waals surface area (Å²) in [4.78, 5) is 12.2. The molecule has 1 aliphatic rings. The van der Waals surface area contributed by atoms with Gasteiger partial charge in [-0.1, -0.05) is 0 Å². The van der Waals surface area contributed by atoms with E-state index in [0.717, 1.165) is 0 Å². The number of rotatable bonds is 3. The molecule has 0 aromatic rings. The highest BCUT2D eigenvalue weighted by molar-refractivity contribution is 8.00. The third-order valence-corrected chi connectivity index (χ3v) is 2.29. The lowest BCUT2D eigenvalue weighted by Gasteiger charge is -2.13. The molecule has 0 radical (unpaired) electrons. The van der Waals surface area contributed by atoms with Crippen LogP contribution in [0.4, 0.5) is 18.0 Å². The van der Waals surface area contributed by atoms with Crippen LogP contribution in [0.3, 0.4) is 0 Å². The average molecular weight is 214 g/mol. The minimum Gasteiger partial charge on any atom is -0.336 e. The topological polar surface area (TPSA) is 32.3 Å². The number of carbonyl (C=O) groups excluding carboxylic acids is 1. The zero-order valence-corrected chi connectivity index (χ0v) is 7.54. The molecule has 0 aromatic heterocycles. The number of carbonyl (C=O) groups is 1. The molecule has 0 aromatic carbocycles. The van der Waals surface area contributed by atoms with Crippen LogP contribution in [0.25, 0.3) is 0 Å². The predicted molar refractivity (Wildman–Crippen MR) is 43.5 cm³/mol. The van der Waals surface area contributed by atoms with Gasteiger partial charge in [-0.3, -0.25) is 0 Å². The molecule has 1 N–H and O–H groups in total. The number of hydrogen-bond donors (Lipinski definition) is 1. The second-order valence-electron chi connectivity index (χ2n) is 2.51. The second-order valence-corrected chi connectivity index (χ2v) is 3.67. The third-order valence-electron chi connectivity index (χ3n) is 1.57. The summed E-state index contributed by atoms with van der Waals surface area (Å²) < 4.78 is 35.0. The lowest BCUT2D eigenvalue weighted by atomic mass is 10.6.